The van der Waals surface area contributed by atoms with Crippen LogP contribution in [0.25, 0.3) is 21.8 Å². The molecule has 2 saturated heterocycles. The molecule has 2 atom stereocenters. The number of piperazine rings is 1. The second-order valence-electron chi connectivity index (χ2n) is 11.0. The number of hydrogen-bond acceptors (Lipinski definition) is 8. The summed E-state index contributed by atoms with van der Waals surface area (Å²) in [5, 5.41) is 11.9. The molecule has 2 aliphatic heterocycles. The number of carbonyl (C=O) groups excluding carboxylic acids is 1. The van der Waals surface area contributed by atoms with Gasteiger partial charge in [-0.25, -0.2) is 9.37 Å². The Morgan fingerprint density at radius 2 is 1.93 bits per heavy atom. The summed E-state index contributed by atoms with van der Waals surface area (Å²) >= 11 is 0. The first-order valence-electron chi connectivity index (χ1n) is 13.9. The zero-order valence-corrected chi connectivity index (χ0v) is 23.2. The maximum absolute atomic E-state index is 14.7. The number of halogens is 1. The van der Waals surface area contributed by atoms with E-state index in [-0.39, 0.29) is 17.4 Å². The van der Waals surface area contributed by atoms with E-state index in [4.69, 9.17) is 9.72 Å². The molecule has 0 spiro atoms. The highest BCUT2D eigenvalue weighted by molar-refractivity contribution is 6.14. The summed E-state index contributed by atoms with van der Waals surface area (Å²) in [5.74, 6) is -0.880. The highest BCUT2D eigenvalue weighted by Gasteiger charge is 2.25. The first kappa shape index (κ1) is 26.4. The quantitative estimate of drug-likeness (QED) is 0.363. The van der Waals surface area contributed by atoms with Crippen molar-refractivity contribution in [2.45, 2.75) is 38.8 Å². The van der Waals surface area contributed by atoms with Crippen molar-refractivity contribution in [2.24, 2.45) is 7.05 Å². The van der Waals surface area contributed by atoms with Gasteiger partial charge in [-0.05, 0) is 64.0 Å². The van der Waals surface area contributed by atoms with Crippen molar-refractivity contribution in [1.29, 1.82) is 0 Å². The van der Waals surface area contributed by atoms with Gasteiger partial charge in [0.2, 0.25) is 0 Å². The Bertz CT molecular complexity index is 1540. The van der Waals surface area contributed by atoms with Gasteiger partial charge >= 0.3 is 6.01 Å². The van der Waals surface area contributed by atoms with Crippen molar-refractivity contribution >= 4 is 39.1 Å². The van der Waals surface area contributed by atoms with Crippen LogP contribution in [-0.4, -0.2) is 82.0 Å². The van der Waals surface area contributed by atoms with E-state index in [2.05, 4.69) is 44.4 Å². The Hall–Kier alpha value is -3.83. The number of aryl methyl sites for hydroxylation is 1. The van der Waals surface area contributed by atoms with Gasteiger partial charge in [-0.3, -0.25) is 14.4 Å². The number of ether oxygens (including phenoxy) is 1. The Kier molecular flexibility index (Phi) is 7.24. The second-order valence-corrected chi connectivity index (χ2v) is 11.0. The van der Waals surface area contributed by atoms with E-state index in [1.807, 2.05) is 6.07 Å². The molecule has 2 aromatic heterocycles. The number of likely N-dealkylation sites (tertiary alicyclic amines) is 1. The number of carbonyl (C=O) groups is 1. The second kappa shape index (κ2) is 11.0. The van der Waals surface area contributed by atoms with Gasteiger partial charge in [0, 0.05) is 73.3 Å². The topological polar surface area (TPSA) is 100 Å². The molecule has 4 heterocycles. The summed E-state index contributed by atoms with van der Waals surface area (Å²) in [6, 6.07) is 7.60. The summed E-state index contributed by atoms with van der Waals surface area (Å²) < 4.78 is 22.2. The number of fused-ring (bicyclic) bond motifs is 2. The van der Waals surface area contributed by atoms with Crippen LogP contribution in [0.1, 0.15) is 37.0 Å². The van der Waals surface area contributed by atoms with Crippen molar-refractivity contribution < 1.29 is 13.9 Å². The van der Waals surface area contributed by atoms with E-state index in [0.717, 1.165) is 43.8 Å². The minimum atomic E-state index is -0.494. The molecule has 11 heteroatoms. The van der Waals surface area contributed by atoms with Crippen LogP contribution in [0.2, 0.25) is 0 Å². The Labute approximate surface area is 232 Å². The predicted molar refractivity (Wildman–Crippen MR) is 154 cm³/mol. The maximum Gasteiger partial charge on any atom is 0.316 e. The van der Waals surface area contributed by atoms with Gasteiger partial charge in [0.25, 0.3) is 5.91 Å². The highest BCUT2D eigenvalue weighted by Crippen LogP contribution is 2.31. The number of benzene rings is 2. The third kappa shape index (κ3) is 5.44. The van der Waals surface area contributed by atoms with Crippen LogP contribution in [0.3, 0.4) is 0 Å². The summed E-state index contributed by atoms with van der Waals surface area (Å²) in [6.45, 7) is 9.43. The SMILES string of the molecule is C[C@H]1CN(c2ccc(C(=O)Nc3cc(F)c4nn(C)cc4c3)c3nc(OCCN4CCCC4)ncc23)C[C@H](C)N1. The zero-order chi connectivity index (χ0) is 27.8. The molecule has 40 heavy (non-hydrogen) atoms. The minimum Gasteiger partial charge on any atom is -0.462 e. The first-order valence-corrected chi connectivity index (χ1v) is 13.9. The number of amides is 1. The van der Waals surface area contributed by atoms with Crippen molar-refractivity contribution in [3.63, 3.8) is 0 Å². The van der Waals surface area contributed by atoms with Gasteiger partial charge in [0.05, 0.1) is 11.1 Å². The smallest absolute Gasteiger partial charge is 0.316 e. The number of nitrogens with zero attached hydrogens (tertiary/aromatic N) is 6. The molecule has 2 aliphatic rings. The first-order chi connectivity index (χ1) is 19.3. The van der Waals surface area contributed by atoms with E-state index >= 15 is 0 Å². The molecule has 0 radical (unpaired) electrons. The number of nitrogens with one attached hydrogen (secondary N) is 2. The van der Waals surface area contributed by atoms with Crippen molar-refractivity contribution in [3.8, 4) is 6.01 Å². The molecule has 0 aliphatic carbocycles. The van der Waals surface area contributed by atoms with Crippen LogP contribution in [0.4, 0.5) is 15.8 Å². The number of anilines is 2. The largest absolute Gasteiger partial charge is 0.462 e. The fourth-order valence-corrected chi connectivity index (χ4v) is 5.90. The monoisotopic (exact) mass is 546 g/mol. The molecular formula is C29H35FN8O2. The molecule has 0 bridgehead atoms. The molecule has 6 rings (SSSR count). The van der Waals surface area contributed by atoms with E-state index in [9.17, 15) is 9.18 Å². The molecular weight excluding hydrogens is 511 g/mol. The molecule has 2 fully saturated rings. The predicted octanol–water partition coefficient (Wildman–Crippen LogP) is 3.57. The van der Waals surface area contributed by atoms with Crippen molar-refractivity contribution in [2.75, 3.05) is 49.5 Å². The van der Waals surface area contributed by atoms with Crippen LogP contribution in [-0.2, 0) is 7.05 Å². The molecule has 0 saturated carbocycles. The normalized spacial score (nSPS) is 19.9. The number of aromatic nitrogens is 4. The zero-order valence-electron chi connectivity index (χ0n) is 23.2. The standard InChI is InChI=1S/C29H35FN8O2/c1-18-15-38(16-19(2)32-18)25-7-6-22(28(39)33-21-12-20-17-36(3)35-26(20)24(30)13-21)27-23(25)14-31-29(34-27)40-11-10-37-8-4-5-9-37/h6-7,12-14,17-19,32H,4-5,8-11,15-16H2,1-3H3,(H,33,39)/t18-,19-/m0/s1. The van der Waals surface area contributed by atoms with Crippen LogP contribution in [0.15, 0.2) is 36.7 Å². The van der Waals surface area contributed by atoms with E-state index in [1.165, 1.54) is 18.9 Å². The lowest BCUT2D eigenvalue weighted by atomic mass is 10.0. The fourth-order valence-electron chi connectivity index (χ4n) is 5.90. The van der Waals surface area contributed by atoms with Crippen LogP contribution in [0, 0.1) is 5.82 Å². The Morgan fingerprint density at radius 1 is 1.15 bits per heavy atom. The average Bonchev–Trinajstić information content (AvgIpc) is 3.56. The lowest BCUT2D eigenvalue weighted by molar-refractivity contribution is 0.102. The lowest BCUT2D eigenvalue weighted by Gasteiger charge is -2.38. The molecule has 210 valence electrons. The molecule has 10 nitrogen and oxygen atoms in total. The van der Waals surface area contributed by atoms with Gasteiger partial charge in [-0.15, -0.1) is 0 Å². The minimum absolute atomic E-state index is 0.239. The van der Waals surface area contributed by atoms with Gasteiger partial charge in [-0.1, -0.05) is 0 Å². The van der Waals surface area contributed by atoms with Crippen molar-refractivity contribution in [1.82, 2.24) is 30.0 Å². The molecule has 1 amide bonds. The van der Waals surface area contributed by atoms with Gasteiger partial charge < -0.3 is 20.3 Å². The average molecular weight is 547 g/mol. The summed E-state index contributed by atoms with van der Waals surface area (Å²) in [4.78, 5) is 27.5. The summed E-state index contributed by atoms with van der Waals surface area (Å²) in [5.41, 5.74) is 2.45. The van der Waals surface area contributed by atoms with Crippen molar-refractivity contribution in [3.05, 3.63) is 48.0 Å². The van der Waals surface area contributed by atoms with E-state index in [1.54, 1.807) is 36.3 Å². The Balaban J connectivity index is 1.33. The third-order valence-electron chi connectivity index (χ3n) is 7.62. The molecule has 2 aromatic carbocycles. The third-order valence-corrected chi connectivity index (χ3v) is 7.62. The van der Waals surface area contributed by atoms with E-state index < -0.39 is 5.82 Å². The van der Waals surface area contributed by atoms with Crippen LogP contribution >= 0.6 is 0 Å². The van der Waals surface area contributed by atoms with Crippen LogP contribution in [0.5, 0.6) is 6.01 Å². The molecule has 2 N–H and O–H groups in total. The van der Waals surface area contributed by atoms with Crippen LogP contribution < -0.4 is 20.3 Å². The Morgan fingerprint density at radius 3 is 2.70 bits per heavy atom. The maximum atomic E-state index is 14.7. The summed E-state index contributed by atoms with van der Waals surface area (Å²) in [6.07, 6.45) is 5.90. The molecule has 4 aromatic rings. The number of hydrogen-bond donors (Lipinski definition) is 2. The summed E-state index contributed by atoms with van der Waals surface area (Å²) in [7, 11) is 1.73. The number of rotatable bonds is 7. The lowest BCUT2D eigenvalue weighted by Crippen LogP contribution is -2.54. The van der Waals surface area contributed by atoms with Gasteiger partial charge in [0.15, 0.2) is 5.82 Å². The molecule has 0 unspecified atom stereocenters. The van der Waals surface area contributed by atoms with Gasteiger partial charge in [-0.2, -0.15) is 10.1 Å². The van der Waals surface area contributed by atoms with E-state index in [0.29, 0.717) is 40.8 Å². The van der Waals surface area contributed by atoms with Gasteiger partial charge in [0.1, 0.15) is 12.1 Å². The highest BCUT2D eigenvalue weighted by atomic mass is 19.1. The fraction of sp³-hybridized carbons (Fsp3) is 0.448.